The number of halogens is 1. The van der Waals surface area contributed by atoms with Gasteiger partial charge in [0.1, 0.15) is 11.8 Å². The van der Waals surface area contributed by atoms with Gasteiger partial charge in [0.15, 0.2) is 0 Å². The van der Waals surface area contributed by atoms with Gasteiger partial charge in [-0.05, 0) is 17.7 Å². The van der Waals surface area contributed by atoms with Gasteiger partial charge in [-0.1, -0.05) is 15.9 Å². The molecule has 14 heavy (non-hydrogen) atoms. The van der Waals surface area contributed by atoms with Crippen molar-refractivity contribution >= 4 is 21.9 Å². The Balaban J connectivity index is 3.41. The molecule has 0 aromatic heterocycles. The van der Waals surface area contributed by atoms with Crippen LogP contribution in [0.3, 0.4) is 0 Å². The maximum absolute atomic E-state index is 10.7. The van der Waals surface area contributed by atoms with Crippen LogP contribution < -0.4 is 0 Å². The fourth-order valence-electron chi connectivity index (χ4n) is 1.03. The molecule has 5 heteroatoms. The van der Waals surface area contributed by atoms with E-state index in [9.17, 15) is 9.90 Å². The maximum Gasteiger partial charge on any atom is 0.336 e. The van der Waals surface area contributed by atoms with Gasteiger partial charge < -0.3 is 10.2 Å². The predicted molar refractivity (Wildman–Crippen MR) is 52.4 cm³/mol. The van der Waals surface area contributed by atoms with E-state index in [2.05, 4.69) is 15.9 Å². The molecule has 4 nitrogen and oxygen atoms in total. The van der Waals surface area contributed by atoms with E-state index in [1.54, 1.807) is 6.07 Å². The zero-order chi connectivity index (χ0) is 10.7. The number of phenolic OH excluding ortho intramolecular Hbond substituents is 1. The fourth-order valence-corrected chi connectivity index (χ4v) is 1.50. The number of aromatic carboxylic acids is 1. The summed E-state index contributed by atoms with van der Waals surface area (Å²) in [5.41, 5.74) is 0.537. The molecule has 1 aromatic carbocycles. The molecule has 0 spiro atoms. The number of carboxylic acids is 1. The minimum absolute atomic E-state index is 0.00150. The Hall–Kier alpha value is -1.54. The number of aromatic hydroxyl groups is 1. The summed E-state index contributed by atoms with van der Waals surface area (Å²) < 4.78 is 0. The van der Waals surface area contributed by atoms with Crippen molar-refractivity contribution in [1.29, 1.82) is 5.26 Å². The van der Waals surface area contributed by atoms with Crippen molar-refractivity contribution < 1.29 is 15.0 Å². The number of phenols is 1. The molecule has 72 valence electrons. The molecule has 0 heterocycles. The monoisotopic (exact) mass is 255 g/mol. The number of carbonyl (C=O) groups is 1. The molecular formula is C9H6BrNO3. The summed E-state index contributed by atoms with van der Waals surface area (Å²) >= 11 is 3.11. The number of alkyl halides is 1. The predicted octanol–water partition coefficient (Wildman–Crippen LogP) is 1.86. The molecule has 0 amide bonds. The quantitative estimate of drug-likeness (QED) is 0.791. The average Bonchev–Trinajstić information content (AvgIpc) is 2.17. The Kier molecular flexibility index (Phi) is 3.10. The van der Waals surface area contributed by atoms with Crippen LogP contribution in [0, 0.1) is 11.3 Å². The van der Waals surface area contributed by atoms with Crippen LogP contribution in [0.2, 0.25) is 0 Å². The van der Waals surface area contributed by atoms with E-state index in [0.717, 1.165) is 6.07 Å². The third-order valence-electron chi connectivity index (χ3n) is 1.72. The molecular weight excluding hydrogens is 250 g/mol. The second-order valence-corrected chi connectivity index (χ2v) is 3.14. The van der Waals surface area contributed by atoms with Crippen molar-refractivity contribution in [2.45, 2.75) is 5.33 Å². The highest BCUT2D eigenvalue weighted by Crippen LogP contribution is 2.23. The zero-order valence-corrected chi connectivity index (χ0v) is 8.58. The van der Waals surface area contributed by atoms with Gasteiger partial charge in [-0.3, -0.25) is 0 Å². The van der Waals surface area contributed by atoms with Gasteiger partial charge in [-0.2, -0.15) is 5.26 Å². The van der Waals surface area contributed by atoms with Crippen molar-refractivity contribution in [1.82, 2.24) is 0 Å². The van der Waals surface area contributed by atoms with Crippen LogP contribution in [0.25, 0.3) is 0 Å². The van der Waals surface area contributed by atoms with Gasteiger partial charge in [-0.15, -0.1) is 0 Å². The molecule has 0 unspecified atom stereocenters. The lowest BCUT2D eigenvalue weighted by Crippen LogP contribution is -2.01. The molecule has 0 aliphatic carbocycles. The Morgan fingerprint density at radius 3 is 2.64 bits per heavy atom. The van der Waals surface area contributed by atoms with Crippen LogP contribution in [0.15, 0.2) is 12.1 Å². The second-order valence-electron chi connectivity index (χ2n) is 2.58. The topological polar surface area (TPSA) is 81.3 Å². The lowest BCUT2D eigenvalue weighted by Gasteiger charge is -2.04. The third kappa shape index (κ3) is 1.86. The zero-order valence-electron chi connectivity index (χ0n) is 6.99. The van der Waals surface area contributed by atoms with Gasteiger partial charge in [0.2, 0.25) is 0 Å². The highest BCUT2D eigenvalue weighted by atomic mass is 79.9. The van der Waals surface area contributed by atoms with E-state index in [0.29, 0.717) is 10.9 Å². The summed E-state index contributed by atoms with van der Waals surface area (Å²) in [5.74, 6) is -1.44. The summed E-state index contributed by atoms with van der Waals surface area (Å²) in [7, 11) is 0. The normalized spacial score (nSPS) is 9.43. The van der Waals surface area contributed by atoms with E-state index < -0.39 is 5.97 Å². The molecule has 0 bridgehead atoms. The van der Waals surface area contributed by atoms with Crippen LogP contribution in [0.5, 0.6) is 5.75 Å². The van der Waals surface area contributed by atoms with E-state index in [-0.39, 0.29) is 16.9 Å². The summed E-state index contributed by atoms with van der Waals surface area (Å²) in [5, 5.41) is 26.9. The number of carboxylic acid groups (broad SMARTS) is 1. The van der Waals surface area contributed by atoms with E-state index in [4.69, 9.17) is 10.4 Å². The van der Waals surface area contributed by atoms with Crippen molar-refractivity contribution in [2.75, 3.05) is 0 Å². The average molecular weight is 256 g/mol. The molecule has 0 fully saturated rings. The van der Waals surface area contributed by atoms with Gasteiger partial charge in [0.25, 0.3) is 0 Å². The number of rotatable bonds is 2. The van der Waals surface area contributed by atoms with Gasteiger partial charge in [0.05, 0.1) is 11.1 Å². The fraction of sp³-hybridized carbons (Fsp3) is 0.111. The first-order valence-corrected chi connectivity index (χ1v) is 4.77. The largest absolute Gasteiger partial charge is 0.507 e. The van der Waals surface area contributed by atoms with Crippen LogP contribution in [0.4, 0.5) is 0 Å². The first kappa shape index (κ1) is 10.5. The highest BCUT2D eigenvalue weighted by molar-refractivity contribution is 9.08. The molecule has 0 saturated carbocycles. The minimum atomic E-state index is -1.13. The number of benzene rings is 1. The molecule has 0 radical (unpaired) electrons. The number of nitriles is 1. The van der Waals surface area contributed by atoms with Crippen LogP contribution in [-0.4, -0.2) is 16.2 Å². The number of nitrogens with zero attached hydrogens (tertiary/aromatic N) is 1. The van der Waals surface area contributed by atoms with Gasteiger partial charge in [-0.25, -0.2) is 4.79 Å². The first-order chi connectivity index (χ1) is 6.60. The van der Waals surface area contributed by atoms with Crippen molar-refractivity contribution in [3.05, 3.63) is 28.8 Å². The smallest absolute Gasteiger partial charge is 0.336 e. The third-order valence-corrected chi connectivity index (χ3v) is 2.32. The van der Waals surface area contributed by atoms with Crippen molar-refractivity contribution in [2.24, 2.45) is 0 Å². The Morgan fingerprint density at radius 1 is 1.57 bits per heavy atom. The number of hydrogen-bond acceptors (Lipinski definition) is 3. The minimum Gasteiger partial charge on any atom is -0.507 e. The van der Waals surface area contributed by atoms with E-state index >= 15 is 0 Å². The maximum atomic E-state index is 10.7. The lowest BCUT2D eigenvalue weighted by molar-refractivity contribution is 0.0695. The van der Waals surface area contributed by atoms with Crippen LogP contribution in [-0.2, 0) is 5.33 Å². The molecule has 2 N–H and O–H groups in total. The molecule has 0 aliphatic rings. The van der Waals surface area contributed by atoms with Crippen molar-refractivity contribution in [3.63, 3.8) is 0 Å². The summed E-state index contributed by atoms with van der Waals surface area (Å²) in [6.45, 7) is 0. The van der Waals surface area contributed by atoms with E-state index in [1.807, 2.05) is 0 Å². The molecule has 0 aliphatic heterocycles. The van der Waals surface area contributed by atoms with Gasteiger partial charge >= 0.3 is 5.97 Å². The molecule has 1 rings (SSSR count). The SMILES string of the molecule is N#Cc1cc(CBr)c(C(=O)O)cc1O. The first-order valence-electron chi connectivity index (χ1n) is 3.65. The highest BCUT2D eigenvalue weighted by Gasteiger charge is 2.13. The molecule has 1 aromatic rings. The summed E-state index contributed by atoms with van der Waals surface area (Å²) in [6, 6.07) is 4.21. The Morgan fingerprint density at radius 2 is 2.21 bits per heavy atom. The molecule has 0 saturated heterocycles. The summed E-state index contributed by atoms with van der Waals surface area (Å²) in [6.07, 6.45) is 0. The Bertz CT molecular complexity index is 423. The molecule has 0 atom stereocenters. The van der Waals surface area contributed by atoms with Crippen LogP contribution in [0.1, 0.15) is 21.5 Å². The summed E-state index contributed by atoms with van der Waals surface area (Å²) in [4.78, 5) is 10.7. The van der Waals surface area contributed by atoms with Gasteiger partial charge in [0, 0.05) is 5.33 Å². The lowest BCUT2D eigenvalue weighted by atomic mass is 10.0. The van der Waals surface area contributed by atoms with Crippen molar-refractivity contribution in [3.8, 4) is 11.8 Å². The second kappa shape index (κ2) is 4.11. The van der Waals surface area contributed by atoms with E-state index in [1.165, 1.54) is 6.07 Å². The van der Waals surface area contributed by atoms with Crippen LogP contribution >= 0.6 is 15.9 Å². The Labute approximate surface area is 88.5 Å². The number of hydrogen-bond donors (Lipinski definition) is 2. The standard InChI is InChI=1S/C9H6BrNO3/c10-3-5-1-6(4-11)8(12)2-7(5)9(13)14/h1-2,12H,3H2,(H,13,14).